The normalized spacial score (nSPS) is 14.7. The summed E-state index contributed by atoms with van der Waals surface area (Å²) in [5.74, 6) is -1.28. The Labute approximate surface area is 200 Å². The SMILES string of the molecule is Cc1ccc(NC(=O)CN(C)CC(=O)NCCN2C(=O)S/C(=C/c3ccccc3F)C2=O)nc1. The second-order valence-electron chi connectivity index (χ2n) is 7.65. The molecule has 0 aliphatic carbocycles. The van der Waals surface area contributed by atoms with E-state index in [0.717, 1.165) is 22.2 Å². The van der Waals surface area contributed by atoms with Gasteiger partial charge in [-0.15, -0.1) is 0 Å². The van der Waals surface area contributed by atoms with Crippen molar-refractivity contribution in [3.63, 3.8) is 0 Å². The Kier molecular flexibility index (Phi) is 8.50. The quantitative estimate of drug-likeness (QED) is 0.524. The van der Waals surface area contributed by atoms with Crippen LogP contribution < -0.4 is 10.6 Å². The number of rotatable bonds is 9. The van der Waals surface area contributed by atoms with E-state index in [1.807, 2.05) is 13.0 Å². The molecule has 0 atom stereocenters. The molecule has 178 valence electrons. The molecule has 0 unspecified atom stereocenters. The van der Waals surface area contributed by atoms with Crippen molar-refractivity contribution < 1.29 is 23.6 Å². The van der Waals surface area contributed by atoms with Crippen molar-refractivity contribution in [1.29, 1.82) is 0 Å². The Morgan fingerprint density at radius 1 is 1.15 bits per heavy atom. The number of nitrogens with one attached hydrogen (secondary N) is 2. The predicted molar refractivity (Wildman–Crippen MR) is 127 cm³/mol. The summed E-state index contributed by atoms with van der Waals surface area (Å²) in [4.78, 5) is 55.7. The van der Waals surface area contributed by atoms with E-state index in [2.05, 4.69) is 15.6 Å². The van der Waals surface area contributed by atoms with Gasteiger partial charge in [-0.25, -0.2) is 9.37 Å². The lowest BCUT2D eigenvalue weighted by atomic mass is 10.2. The zero-order chi connectivity index (χ0) is 24.7. The summed E-state index contributed by atoms with van der Waals surface area (Å²) < 4.78 is 13.8. The third kappa shape index (κ3) is 6.96. The van der Waals surface area contributed by atoms with E-state index in [0.29, 0.717) is 5.82 Å². The molecule has 0 saturated carbocycles. The number of thioether (sulfide) groups is 1. The molecule has 1 saturated heterocycles. The molecule has 0 spiro atoms. The fourth-order valence-corrected chi connectivity index (χ4v) is 3.92. The van der Waals surface area contributed by atoms with E-state index in [1.54, 1.807) is 25.4 Å². The number of nitrogens with zero attached hydrogens (tertiary/aromatic N) is 3. The average Bonchev–Trinajstić information content (AvgIpc) is 3.04. The second-order valence-corrected chi connectivity index (χ2v) is 8.64. The number of halogens is 1. The third-order valence-electron chi connectivity index (χ3n) is 4.73. The van der Waals surface area contributed by atoms with Crippen LogP contribution in [0.3, 0.4) is 0 Å². The molecular weight excluding hydrogens is 461 g/mol. The number of carbonyl (C=O) groups is 4. The van der Waals surface area contributed by atoms with Crippen molar-refractivity contribution >= 4 is 46.6 Å². The van der Waals surface area contributed by atoms with Gasteiger partial charge in [0.15, 0.2) is 0 Å². The predicted octanol–water partition coefficient (Wildman–Crippen LogP) is 2.25. The molecule has 0 radical (unpaired) electrons. The minimum absolute atomic E-state index is 0.0195. The Bertz CT molecular complexity index is 1120. The van der Waals surface area contributed by atoms with Gasteiger partial charge in [-0.3, -0.25) is 29.0 Å². The lowest BCUT2D eigenvalue weighted by Gasteiger charge is -2.17. The molecule has 1 aliphatic rings. The van der Waals surface area contributed by atoms with Crippen molar-refractivity contribution in [2.75, 3.05) is 38.5 Å². The number of hydrogen-bond donors (Lipinski definition) is 2. The summed E-state index contributed by atoms with van der Waals surface area (Å²) in [6, 6.07) is 9.47. The van der Waals surface area contributed by atoms with Crippen LogP contribution in [0.4, 0.5) is 15.0 Å². The molecule has 1 aromatic carbocycles. The van der Waals surface area contributed by atoms with Crippen LogP contribution in [-0.2, 0) is 14.4 Å². The van der Waals surface area contributed by atoms with E-state index >= 15 is 0 Å². The standard InChI is InChI=1S/C23H24FN5O4S/c1-15-7-8-19(26-12-15)27-21(31)14-28(2)13-20(30)25-9-10-29-22(32)18(34-23(29)33)11-16-5-3-4-6-17(16)24/h3-8,11-12H,9-10,13-14H2,1-2H3,(H,25,30)(H,26,27,31)/b18-11+. The Hall–Kier alpha value is -3.57. The highest BCUT2D eigenvalue weighted by Gasteiger charge is 2.34. The number of amides is 4. The number of aryl methyl sites for hydroxylation is 1. The highest BCUT2D eigenvalue weighted by Crippen LogP contribution is 2.32. The summed E-state index contributed by atoms with van der Waals surface area (Å²) in [7, 11) is 1.62. The van der Waals surface area contributed by atoms with E-state index in [9.17, 15) is 23.6 Å². The van der Waals surface area contributed by atoms with Crippen LogP contribution in [0.2, 0.25) is 0 Å². The average molecular weight is 486 g/mol. The van der Waals surface area contributed by atoms with Crippen LogP contribution in [0, 0.1) is 12.7 Å². The molecule has 34 heavy (non-hydrogen) atoms. The fraction of sp³-hybridized carbons (Fsp3) is 0.261. The number of pyridine rings is 1. The zero-order valence-corrected chi connectivity index (χ0v) is 19.5. The van der Waals surface area contributed by atoms with Crippen molar-refractivity contribution in [2.45, 2.75) is 6.92 Å². The van der Waals surface area contributed by atoms with E-state index in [4.69, 9.17) is 0 Å². The fourth-order valence-electron chi connectivity index (χ4n) is 3.06. The molecule has 9 nitrogen and oxygen atoms in total. The van der Waals surface area contributed by atoms with Crippen LogP contribution in [-0.4, -0.2) is 71.0 Å². The molecule has 11 heteroatoms. The molecule has 2 N–H and O–H groups in total. The maximum Gasteiger partial charge on any atom is 0.293 e. The Morgan fingerprint density at radius 3 is 2.59 bits per heavy atom. The number of aromatic nitrogens is 1. The minimum atomic E-state index is -0.536. The van der Waals surface area contributed by atoms with Gasteiger partial charge in [0.25, 0.3) is 11.1 Å². The first-order valence-electron chi connectivity index (χ1n) is 10.4. The van der Waals surface area contributed by atoms with Gasteiger partial charge in [-0.05, 0) is 49.5 Å². The second kappa shape index (κ2) is 11.5. The number of likely N-dealkylation sites (N-methyl/N-ethyl adjacent to an activating group) is 1. The molecule has 3 rings (SSSR count). The molecule has 2 heterocycles. The first-order valence-corrected chi connectivity index (χ1v) is 11.2. The molecule has 1 fully saturated rings. The van der Waals surface area contributed by atoms with Crippen molar-refractivity contribution in [2.24, 2.45) is 0 Å². The van der Waals surface area contributed by atoms with Gasteiger partial charge in [0.1, 0.15) is 11.6 Å². The van der Waals surface area contributed by atoms with Crippen LogP contribution in [0.25, 0.3) is 6.08 Å². The zero-order valence-electron chi connectivity index (χ0n) is 18.7. The lowest BCUT2D eigenvalue weighted by molar-refractivity contribution is -0.125. The number of hydrogen-bond acceptors (Lipinski definition) is 7. The summed E-state index contributed by atoms with van der Waals surface area (Å²) in [6.45, 7) is 1.85. The smallest absolute Gasteiger partial charge is 0.293 e. The van der Waals surface area contributed by atoms with Crippen molar-refractivity contribution in [1.82, 2.24) is 20.1 Å². The van der Waals surface area contributed by atoms with Crippen LogP contribution in [0.5, 0.6) is 0 Å². The number of anilines is 1. The van der Waals surface area contributed by atoms with Crippen LogP contribution in [0.15, 0.2) is 47.5 Å². The Morgan fingerprint density at radius 2 is 1.88 bits per heavy atom. The molecule has 1 aromatic heterocycles. The first kappa shape index (κ1) is 25.1. The van der Waals surface area contributed by atoms with Gasteiger partial charge in [0.2, 0.25) is 11.8 Å². The van der Waals surface area contributed by atoms with Gasteiger partial charge >= 0.3 is 0 Å². The highest BCUT2D eigenvalue weighted by atomic mass is 32.2. The summed E-state index contributed by atoms with van der Waals surface area (Å²) in [5, 5.41) is 4.79. The van der Waals surface area contributed by atoms with Gasteiger partial charge in [0.05, 0.1) is 18.0 Å². The van der Waals surface area contributed by atoms with E-state index in [-0.39, 0.29) is 48.5 Å². The Balaban J connectivity index is 1.42. The van der Waals surface area contributed by atoms with Crippen LogP contribution >= 0.6 is 11.8 Å². The van der Waals surface area contributed by atoms with Crippen LogP contribution in [0.1, 0.15) is 11.1 Å². The molecule has 0 bridgehead atoms. The highest BCUT2D eigenvalue weighted by molar-refractivity contribution is 8.18. The maximum atomic E-state index is 13.8. The molecule has 4 amide bonds. The molecular formula is C23H24FN5O4S. The topological polar surface area (TPSA) is 112 Å². The maximum absolute atomic E-state index is 13.8. The largest absolute Gasteiger partial charge is 0.353 e. The van der Waals surface area contributed by atoms with E-state index in [1.165, 1.54) is 29.2 Å². The number of carbonyl (C=O) groups excluding carboxylic acids is 4. The van der Waals surface area contributed by atoms with Crippen molar-refractivity contribution in [3.8, 4) is 0 Å². The lowest BCUT2D eigenvalue weighted by Crippen LogP contribution is -2.42. The summed E-state index contributed by atoms with van der Waals surface area (Å²) >= 11 is 0.724. The van der Waals surface area contributed by atoms with Gasteiger partial charge in [-0.2, -0.15) is 0 Å². The van der Waals surface area contributed by atoms with Gasteiger partial charge < -0.3 is 10.6 Å². The number of imide groups is 1. The van der Waals surface area contributed by atoms with Gasteiger partial charge in [-0.1, -0.05) is 24.3 Å². The first-order chi connectivity index (χ1) is 16.2. The number of benzene rings is 1. The molecule has 2 aromatic rings. The minimum Gasteiger partial charge on any atom is -0.353 e. The summed E-state index contributed by atoms with van der Waals surface area (Å²) in [5.41, 5.74) is 1.19. The molecule has 1 aliphatic heterocycles. The third-order valence-corrected chi connectivity index (χ3v) is 5.64. The van der Waals surface area contributed by atoms with Crippen molar-refractivity contribution in [3.05, 3.63) is 64.4 Å². The monoisotopic (exact) mass is 485 g/mol. The van der Waals surface area contributed by atoms with Gasteiger partial charge in [0, 0.05) is 24.8 Å². The van der Waals surface area contributed by atoms with E-state index < -0.39 is 17.0 Å². The summed E-state index contributed by atoms with van der Waals surface area (Å²) in [6.07, 6.45) is 2.98.